The standard InChI is InChI=1S/C14H18Cl2O3/c1-8(13(18)19-14(2,3)4)12(17)9-6-5-7-10(15)11(9)16/h5-8,12,17H,1-4H3. The lowest BCUT2D eigenvalue weighted by molar-refractivity contribution is -0.163. The van der Waals surface area contributed by atoms with Gasteiger partial charge in [0.1, 0.15) is 5.60 Å². The van der Waals surface area contributed by atoms with Crippen LogP contribution in [0.3, 0.4) is 0 Å². The quantitative estimate of drug-likeness (QED) is 0.858. The summed E-state index contributed by atoms with van der Waals surface area (Å²) in [4.78, 5) is 11.9. The predicted molar refractivity (Wildman–Crippen MR) is 76.4 cm³/mol. The fraction of sp³-hybridized carbons (Fsp3) is 0.500. The van der Waals surface area contributed by atoms with Crippen molar-refractivity contribution in [3.63, 3.8) is 0 Å². The van der Waals surface area contributed by atoms with Crippen LogP contribution in [0.25, 0.3) is 0 Å². The molecule has 0 bridgehead atoms. The van der Waals surface area contributed by atoms with Crippen molar-refractivity contribution in [2.45, 2.75) is 39.4 Å². The Morgan fingerprint density at radius 3 is 2.42 bits per heavy atom. The Hall–Kier alpha value is -0.770. The Labute approximate surface area is 123 Å². The topological polar surface area (TPSA) is 46.5 Å². The molecule has 2 unspecified atom stereocenters. The smallest absolute Gasteiger partial charge is 0.312 e. The van der Waals surface area contributed by atoms with Crippen LogP contribution in [-0.4, -0.2) is 16.7 Å². The van der Waals surface area contributed by atoms with Crippen LogP contribution in [0.4, 0.5) is 0 Å². The van der Waals surface area contributed by atoms with Crippen LogP contribution >= 0.6 is 23.2 Å². The lowest BCUT2D eigenvalue weighted by Gasteiger charge is -2.25. The highest BCUT2D eigenvalue weighted by atomic mass is 35.5. The molecule has 1 aromatic rings. The van der Waals surface area contributed by atoms with Crippen molar-refractivity contribution in [2.24, 2.45) is 5.92 Å². The number of aliphatic hydroxyl groups excluding tert-OH is 1. The van der Waals surface area contributed by atoms with E-state index in [-0.39, 0.29) is 5.02 Å². The number of benzene rings is 1. The zero-order valence-corrected chi connectivity index (χ0v) is 12.9. The minimum Gasteiger partial charge on any atom is -0.460 e. The monoisotopic (exact) mass is 304 g/mol. The Kier molecular flexibility index (Phi) is 5.25. The molecule has 1 aromatic carbocycles. The van der Waals surface area contributed by atoms with E-state index in [0.29, 0.717) is 10.6 Å². The van der Waals surface area contributed by atoms with E-state index in [0.717, 1.165) is 0 Å². The highest BCUT2D eigenvalue weighted by Crippen LogP contribution is 2.33. The van der Waals surface area contributed by atoms with Gasteiger partial charge in [-0.1, -0.05) is 35.3 Å². The van der Waals surface area contributed by atoms with Crippen molar-refractivity contribution < 1.29 is 14.6 Å². The maximum Gasteiger partial charge on any atom is 0.312 e. The van der Waals surface area contributed by atoms with Crippen molar-refractivity contribution in [3.8, 4) is 0 Å². The third-order valence-electron chi connectivity index (χ3n) is 2.55. The lowest BCUT2D eigenvalue weighted by Crippen LogP contribution is -2.30. The van der Waals surface area contributed by atoms with Crippen LogP contribution in [-0.2, 0) is 9.53 Å². The molecular formula is C14H18Cl2O3. The number of esters is 1. The van der Waals surface area contributed by atoms with Gasteiger partial charge in [-0.25, -0.2) is 0 Å². The van der Waals surface area contributed by atoms with Gasteiger partial charge in [0, 0.05) is 5.56 Å². The van der Waals surface area contributed by atoms with Gasteiger partial charge in [0.25, 0.3) is 0 Å². The summed E-state index contributed by atoms with van der Waals surface area (Å²) in [5.74, 6) is -1.20. The highest BCUT2D eigenvalue weighted by molar-refractivity contribution is 6.42. The van der Waals surface area contributed by atoms with Crippen LogP contribution in [0.1, 0.15) is 39.4 Å². The molecule has 5 heteroatoms. The van der Waals surface area contributed by atoms with Crippen LogP contribution in [0.2, 0.25) is 10.0 Å². The normalized spacial score (nSPS) is 14.9. The van der Waals surface area contributed by atoms with Crippen molar-refractivity contribution in [1.29, 1.82) is 0 Å². The molecule has 0 radical (unpaired) electrons. The number of halogens is 2. The molecule has 0 aromatic heterocycles. The van der Waals surface area contributed by atoms with E-state index in [2.05, 4.69) is 0 Å². The third kappa shape index (κ3) is 4.37. The molecule has 0 aliphatic heterocycles. The van der Waals surface area contributed by atoms with Crippen molar-refractivity contribution >= 4 is 29.2 Å². The molecule has 0 saturated carbocycles. The molecule has 106 valence electrons. The molecule has 0 fully saturated rings. The molecular weight excluding hydrogens is 287 g/mol. The molecule has 19 heavy (non-hydrogen) atoms. The number of rotatable bonds is 3. The number of ether oxygens (including phenoxy) is 1. The van der Waals surface area contributed by atoms with Crippen LogP contribution in [0.5, 0.6) is 0 Å². The zero-order valence-electron chi connectivity index (χ0n) is 11.4. The van der Waals surface area contributed by atoms with Gasteiger partial charge in [0.05, 0.1) is 22.1 Å². The van der Waals surface area contributed by atoms with E-state index in [9.17, 15) is 9.90 Å². The van der Waals surface area contributed by atoms with Gasteiger partial charge in [0.2, 0.25) is 0 Å². The Morgan fingerprint density at radius 2 is 1.89 bits per heavy atom. The minimum atomic E-state index is -1.05. The average molecular weight is 305 g/mol. The SMILES string of the molecule is CC(C(=O)OC(C)(C)C)C(O)c1cccc(Cl)c1Cl. The summed E-state index contributed by atoms with van der Waals surface area (Å²) in [7, 11) is 0. The number of carbonyl (C=O) groups is 1. The van der Waals surface area contributed by atoms with Gasteiger partial charge in [-0.3, -0.25) is 4.79 Å². The van der Waals surface area contributed by atoms with E-state index >= 15 is 0 Å². The molecule has 0 saturated heterocycles. The second kappa shape index (κ2) is 6.12. The molecule has 0 heterocycles. The van der Waals surface area contributed by atoms with Gasteiger partial charge in [0.15, 0.2) is 0 Å². The minimum absolute atomic E-state index is 0.257. The molecule has 1 N–H and O–H groups in total. The van der Waals surface area contributed by atoms with Crippen LogP contribution < -0.4 is 0 Å². The van der Waals surface area contributed by atoms with Gasteiger partial charge in [-0.2, -0.15) is 0 Å². The molecule has 0 amide bonds. The Bertz CT molecular complexity index is 466. The molecule has 0 aliphatic carbocycles. The first-order valence-electron chi connectivity index (χ1n) is 5.98. The number of hydrogen-bond donors (Lipinski definition) is 1. The first kappa shape index (κ1) is 16.3. The van der Waals surface area contributed by atoms with E-state index in [1.165, 1.54) is 0 Å². The largest absolute Gasteiger partial charge is 0.460 e. The molecule has 2 atom stereocenters. The number of carbonyl (C=O) groups excluding carboxylic acids is 1. The van der Waals surface area contributed by atoms with Gasteiger partial charge < -0.3 is 9.84 Å². The Balaban J connectivity index is 2.91. The van der Waals surface area contributed by atoms with Crippen LogP contribution in [0, 0.1) is 5.92 Å². The first-order valence-corrected chi connectivity index (χ1v) is 6.74. The second-order valence-electron chi connectivity index (χ2n) is 5.41. The molecule has 0 aliphatic rings. The summed E-state index contributed by atoms with van der Waals surface area (Å²) in [6.07, 6.45) is -1.05. The summed E-state index contributed by atoms with van der Waals surface area (Å²) in [6, 6.07) is 4.94. The second-order valence-corrected chi connectivity index (χ2v) is 6.20. The maximum atomic E-state index is 11.9. The number of aliphatic hydroxyl groups is 1. The van der Waals surface area contributed by atoms with E-state index in [4.69, 9.17) is 27.9 Å². The van der Waals surface area contributed by atoms with E-state index < -0.39 is 23.6 Å². The molecule has 0 spiro atoms. The fourth-order valence-electron chi connectivity index (χ4n) is 1.54. The zero-order chi connectivity index (χ0) is 14.8. The third-order valence-corrected chi connectivity index (χ3v) is 3.39. The van der Waals surface area contributed by atoms with Gasteiger partial charge in [-0.15, -0.1) is 0 Å². The highest BCUT2D eigenvalue weighted by Gasteiger charge is 2.29. The number of hydrogen-bond acceptors (Lipinski definition) is 3. The summed E-state index contributed by atoms with van der Waals surface area (Å²) < 4.78 is 5.24. The van der Waals surface area contributed by atoms with Crippen molar-refractivity contribution in [3.05, 3.63) is 33.8 Å². The van der Waals surface area contributed by atoms with E-state index in [1.807, 2.05) is 0 Å². The summed E-state index contributed by atoms with van der Waals surface area (Å²) in [6.45, 7) is 6.92. The van der Waals surface area contributed by atoms with Crippen molar-refractivity contribution in [1.82, 2.24) is 0 Å². The van der Waals surface area contributed by atoms with Gasteiger partial charge >= 0.3 is 5.97 Å². The summed E-state index contributed by atoms with van der Waals surface area (Å²) in [5.41, 5.74) is -0.170. The summed E-state index contributed by atoms with van der Waals surface area (Å²) in [5, 5.41) is 10.8. The van der Waals surface area contributed by atoms with Crippen molar-refractivity contribution in [2.75, 3.05) is 0 Å². The average Bonchev–Trinajstić information content (AvgIpc) is 2.28. The fourth-order valence-corrected chi connectivity index (χ4v) is 1.96. The predicted octanol–water partition coefficient (Wildman–Crippen LogP) is 4.00. The van der Waals surface area contributed by atoms with E-state index in [1.54, 1.807) is 45.9 Å². The molecule has 3 nitrogen and oxygen atoms in total. The molecule has 1 rings (SSSR count). The summed E-state index contributed by atoms with van der Waals surface area (Å²) >= 11 is 11.9. The van der Waals surface area contributed by atoms with Crippen LogP contribution in [0.15, 0.2) is 18.2 Å². The Morgan fingerprint density at radius 1 is 1.32 bits per heavy atom. The van der Waals surface area contributed by atoms with Gasteiger partial charge in [-0.05, 0) is 33.8 Å². The lowest BCUT2D eigenvalue weighted by atomic mass is 9.97. The maximum absolute atomic E-state index is 11.9. The first-order chi connectivity index (χ1) is 8.63.